The monoisotopic (exact) mass is 378 g/mol. The van der Waals surface area contributed by atoms with Gasteiger partial charge >= 0.3 is 11.8 Å². The van der Waals surface area contributed by atoms with Crippen molar-refractivity contribution >= 4 is 33.4 Å². The summed E-state index contributed by atoms with van der Waals surface area (Å²) in [6.45, 7) is 3.93. The third-order valence-corrected chi connectivity index (χ3v) is 5.93. The van der Waals surface area contributed by atoms with Crippen molar-refractivity contribution in [2.45, 2.75) is 45.6 Å². The number of anilines is 1. The molecule has 2 N–H and O–H groups in total. The largest absolute Gasteiger partial charge is 0.345 e. The van der Waals surface area contributed by atoms with Crippen LogP contribution in [0.3, 0.4) is 0 Å². The van der Waals surface area contributed by atoms with Crippen molar-refractivity contribution in [1.29, 1.82) is 0 Å². The molecule has 2 aliphatic rings. The van der Waals surface area contributed by atoms with Crippen LogP contribution in [0, 0.1) is 24.7 Å². The van der Waals surface area contributed by atoms with E-state index in [2.05, 4.69) is 26.6 Å². The van der Waals surface area contributed by atoms with Gasteiger partial charge in [-0.15, -0.1) is 0 Å². The summed E-state index contributed by atoms with van der Waals surface area (Å²) in [6, 6.07) is 5.61. The summed E-state index contributed by atoms with van der Waals surface area (Å²) in [7, 11) is 0. The van der Waals surface area contributed by atoms with E-state index in [1.165, 1.54) is 25.7 Å². The second-order valence-corrected chi connectivity index (χ2v) is 7.93. The second-order valence-electron chi connectivity index (χ2n) is 7.01. The Labute approximate surface area is 145 Å². The molecule has 4 unspecified atom stereocenters. The van der Waals surface area contributed by atoms with Crippen molar-refractivity contribution in [3.63, 3.8) is 0 Å². The third-order valence-electron chi connectivity index (χ3n) is 5.44. The summed E-state index contributed by atoms with van der Waals surface area (Å²) in [6.07, 6.45) is 5.11. The topological polar surface area (TPSA) is 58.2 Å². The molecule has 3 rings (SSSR count). The summed E-state index contributed by atoms with van der Waals surface area (Å²) < 4.78 is 0.947. The Kier molecular flexibility index (Phi) is 4.76. The van der Waals surface area contributed by atoms with E-state index in [1.54, 1.807) is 6.07 Å². The van der Waals surface area contributed by atoms with Crippen LogP contribution in [0.15, 0.2) is 22.7 Å². The van der Waals surface area contributed by atoms with Crippen LogP contribution >= 0.6 is 15.9 Å². The Morgan fingerprint density at radius 2 is 2.00 bits per heavy atom. The number of carbonyl (C=O) groups is 2. The molecule has 2 bridgehead atoms. The molecule has 1 aromatic rings. The lowest BCUT2D eigenvalue weighted by Crippen LogP contribution is -2.45. The molecule has 2 fully saturated rings. The number of nitrogens with one attached hydrogen (secondary N) is 2. The van der Waals surface area contributed by atoms with E-state index in [-0.39, 0.29) is 6.04 Å². The van der Waals surface area contributed by atoms with Gasteiger partial charge in [-0.2, -0.15) is 0 Å². The molecule has 2 saturated carbocycles. The Hall–Kier alpha value is -1.36. The number of halogens is 1. The number of hydrogen-bond donors (Lipinski definition) is 2. The van der Waals surface area contributed by atoms with Crippen LogP contribution in [-0.2, 0) is 9.59 Å². The smallest absolute Gasteiger partial charge is 0.313 e. The van der Waals surface area contributed by atoms with E-state index in [0.29, 0.717) is 11.6 Å². The molecular weight excluding hydrogens is 356 g/mol. The summed E-state index contributed by atoms with van der Waals surface area (Å²) in [5.41, 5.74) is 1.59. The first kappa shape index (κ1) is 16.5. The molecule has 0 aromatic heterocycles. The highest BCUT2D eigenvalue weighted by molar-refractivity contribution is 9.10. The zero-order valence-electron chi connectivity index (χ0n) is 13.6. The van der Waals surface area contributed by atoms with Crippen LogP contribution in [0.5, 0.6) is 0 Å². The van der Waals surface area contributed by atoms with Gasteiger partial charge in [-0.25, -0.2) is 0 Å². The molecule has 2 amide bonds. The summed E-state index contributed by atoms with van der Waals surface area (Å²) in [5.74, 6) is 0.962. The van der Waals surface area contributed by atoms with Crippen molar-refractivity contribution in [2.24, 2.45) is 17.8 Å². The zero-order valence-corrected chi connectivity index (χ0v) is 15.2. The summed E-state index contributed by atoms with van der Waals surface area (Å²) >= 11 is 3.39. The van der Waals surface area contributed by atoms with Gasteiger partial charge in [0, 0.05) is 16.2 Å². The van der Waals surface area contributed by atoms with E-state index >= 15 is 0 Å². The molecule has 5 heteroatoms. The Morgan fingerprint density at radius 3 is 2.61 bits per heavy atom. The first-order valence-corrected chi connectivity index (χ1v) is 9.11. The van der Waals surface area contributed by atoms with Crippen molar-refractivity contribution in [3.8, 4) is 0 Å². The first-order valence-electron chi connectivity index (χ1n) is 8.32. The number of benzene rings is 1. The van der Waals surface area contributed by atoms with E-state index < -0.39 is 11.8 Å². The average molecular weight is 379 g/mol. The van der Waals surface area contributed by atoms with E-state index in [9.17, 15) is 9.59 Å². The fourth-order valence-corrected chi connectivity index (χ4v) is 4.71. The van der Waals surface area contributed by atoms with Gasteiger partial charge in [-0.3, -0.25) is 9.59 Å². The van der Waals surface area contributed by atoms with Gasteiger partial charge in [0.05, 0.1) is 0 Å². The average Bonchev–Trinajstić information content (AvgIpc) is 3.12. The van der Waals surface area contributed by atoms with E-state index in [1.807, 2.05) is 26.0 Å². The predicted molar refractivity (Wildman–Crippen MR) is 94.1 cm³/mol. The van der Waals surface area contributed by atoms with Crippen molar-refractivity contribution in [3.05, 3.63) is 28.2 Å². The fraction of sp³-hybridized carbons (Fsp3) is 0.556. The quantitative estimate of drug-likeness (QED) is 0.788. The maximum Gasteiger partial charge on any atom is 0.313 e. The molecule has 23 heavy (non-hydrogen) atoms. The molecule has 2 aliphatic carbocycles. The number of amides is 2. The van der Waals surface area contributed by atoms with Gasteiger partial charge in [0.1, 0.15) is 0 Å². The number of aryl methyl sites for hydroxylation is 1. The van der Waals surface area contributed by atoms with Crippen molar-refractivity contribution in [2.75, 3.05) is 5.32 Å². The number of hydrogen-bond acceptors (Lipinski definition) is 2. The maximum absolute atomic E-state index is 12.2. The fourth-order valence-electron chi connectivity index (χ4n) is 4.23. The minimum atomic E-state index is -0.592. The standard InChI is InChI=1S/C18H23BrN2O2/c1-10-7-14(19)5-6-16(10)21-18(23)17(22)20-11(2)15-9-12-3-4-13(15)8-12/h5-7,11-13,15H,3-4,8-9H2,1-2H3,(H,20,22)(H,21,23). The van der Waals surface area contributed by atoms with Gasteiger partial charge in [-0.05, 0) is 74.6 Å². The van der Waals surface area contributed by atoms with Gasteiger partial charge in [-0.1, -0.05) is 22.4 Å². The van der Waals surface area contributed by atoms with Gasteiger partial charge < -0.3 is 10.6 Å². The zero-order chi connectivity index (χ0) is 16.6. The van der Waals surface area contributed by atoms with Gasteiger partial charge in [0.25, 0.3) is 0 Å². The predicted octanol–water partition coefficient (Wildman–Crippen LogP) is 3.64. The molecule has 124 valence electrons. The SMILES string of the molecule is Cc1cc(Br)ccc1NC(=O)C(=O)NC(C)C1CC2CCC1C2. The van der Waals surface area contributed by atoms with Crippen LogP contribution in [0.1, 0.15) is 38.2 Å². The molecule has 0 spiro atoms. The number of rotatable bonds is 3. The van der Waals surface area contributed by atoms with Gasteiger partial charge in [0.2, 0.25) is 0 Å². The van der Waals surface area contributed by atoms with E-state index in [4.69, 9.17) is 0 Å². The normalized spacial score (nSPS) is 26.8. The molecule has 0 aliphatic heterocycles. The van der Waals surface area contributed by atoms with Crippen molar-refractivity contribution in [1.82, 2.24) is 5.32 Å². The molecular formula is C18H23BrN2O2. The number of carbonyl (C=O) groups excluding carboxylic acids is 2. The first-order chi connectivity index (χ1) is 10.9. The minimum absolute atomic E-state index is 0.0644. The highest BCUT2D eigenvalue weighted by Crippen LogP contribution is 2.49. The molecule has 0 heterocycles. The Balaban J connectivity index is 1.56. The van der Waals surface area contributed by atoms with Crippen molar-refractivity contribution < 1.29 is 9.59 Å². The summed E-state index contributed by atoms with van der Waals surface area (Å²) in [4.78, 5) is 24.3. The second kappa shape index (κ2) is 6.63. The Morgan fingerprint density at radius 1 is 1.22 bits per heavy atom. The molecule has 4 atom stereocenters. The van der Waals surface area contributed by atoms with Crippen LogP contribution in [0.25, 0.3) is 0 Å². The van der Waals surface area contributed by atoms with Gasteiger partial charge in [0.15, 0.2) is 0 Å². The third kappa shape index (κ3) is 3.60. The lowest BCUT2D eigenvalue weighted by molar-refractivity contribution is -0.136. The van der Waals surface area contributed by atoms with Crippen LogP contribution in [-0.4, -0.2) is 17.9 Å². The minimum Gasteiger partial charge on any atom is -0.345 e. The Bertz CT molecular complexity index is 631. The highest BCUT2D eigenvalue weighted by Gasteiger charge is 2.42. The summed E-state index contributed by atoms with van der Waals surface area (Å²) in [5, 5.41) is 5.59. The van der Waals surface area contributed by atoms with Crippen LogP contribution in [0.4, 0.5) is 5.69 Å². The van der Waals surface area contributed by atoms with E-state index in [0.717, 1.165) is 21.9 Å². The molecule has 1 aromatic carbocycles. The van der Waals surface area contributed by atoms with Crippen LogP contribution in [0.2, 0.25) is 0 Å². The maximum atomic E-state index is 12.2. The molecule has 4 nitrogen and oxygen atoms in total. The highest BCUT2D eigenvalue weighted by atomic mass is 79.9. The number of fused-ring (bicyclic) bond motifs is 2. The lowest BCUT2D eigenvalue weighted by Gasteiger charge is -2.28. The van der Waals surface area contributed by atoms with Crippen LogP contribution < -0.4 is 10.6 Å². The molecule has 0 radical (unpaired) electrons. The lowest BCUT2D eigenvalue weighted by atomic mass is 9.84. The molecule has 0 saturated heterocycles.